The molecule has 1 heteroatoms. The van der Waals surface area contributed by atoms with Crippen LogP contribution in [0.2, 0.25) is 0 Å². The van der Waals surface area contributed by atoms with Gasteiger partial charge in [-0.15, -0.1) is 0 Å². The molecule has 0 aromatic heterocycles. The van der Waals surface area contributed by atoms with Gasteiger partial charge in [-0.25, -0.2) is 0 Å². The Hall–Kier alpha value is -1.76. The normalized spacial score (nSPS) is 12.2. The van der Waals surface area contributed by atoms with Crippen LogP contribution in [0.3, 0.4) is 0 Å². The van der Waals surface area contributed by atoms with Gasteiger partial charge in [0, 0.05) is 0 Å². The second-order valence-electron chi connectivity index (χ2n) is 5.59. The third-order valence-corrected chi connectivity index (χ3v) is 4.04. The second-order valence-corrected chi connectivity index (χ2v) is 5.59. The van der Waals surface area contributed by atoms with Crippen molar-refractivity contribution < 1.29 is 4.74 Å². The molecule has 1 atom stereocenters. The zero-order valence-electron chi connectivity index (χ0n) is 12.9. The molecule has 1 unspecified atom stereocenters. The zero-order valence-corrected chi connectivity index (χ0v) is 12.9. The Morgan fingerprint density at radius 3 is 2.25 bits per heavy atom. The molecule has 1 nitrogen and oxygen atoms in total. The lowest BCUT2D eigenvalue weighted by atomic mass is 9.99. The minimum Gasteiger partial charge on any atom is -0.489 e. The Morgan fingerprint density at radius 1 is 0.950 bits per heavy atom. The summed E-state index contributed by atoms with van der Waals surface area (Å²) in [6, 6.07) is 15.0. The molecule has 0 fully saturated rings. The van der Waals surface area contributed by atoms with Crippen LogP contribution in [0.15, 0.2) is 42.5 Å². The first kappa shape index (κ1) is 14.6. The fraction of sp³-hybridized carbons (Fsp3) is 0.368. The van der Waals surface area contributed by atoms with Gasteiger partial charge in [0.15, 0.2) is 0 Å². The summed E-state index contributed by atoms with van der Waals surface area (Å²) < 4.78 is 5.86. The van der Waals surface area contributed by atoms with Crippen LogP contribution in [0.1, 0.15) is 48.4 Å². The molecular formula is C19H24O. The largest absolute Gasteiger partial charge is 0.489 e. The van der Waals surface area contributed by atoms with E-state index in [9.17, 15) is 0 Å². The Morgan fingerprint density at radius 2 is 1.65 bits per heavy atom. The smallest absolute Gasteiger partial charge is 0.119 e. The van der Waals surface area contributed by atoms with E-state index in [1.165, 1.54) is 28.7 Å². The maximum atomic E-state index is 5.86. The quantitative estimate of drug-likeness (QED) is 0.706. The van der Waals surface area contributed by atoms with Crippen LogP contribution in [-0.4, -0.2) is 0 Å². The number of hydrogen-bond acceptors (Lipinski definition) is 1. The van der Waals surface area contributed by atoms with Crippen molar-refractivity contribution in [3.05, 3.63) is 64.7 Å². The van der Waals surface area contributed by atoms with Crippen molar-refractivity contribution in [2.75, 3.05) is 0 Å². The highest BCUT2D eigenvalue weighted by Gasteiger charge is 2.03. The summed E-state index contributed by atoms with van der Waals surface area (Å²) in [5.41, 5.74) is 5.25. The average molecular weight is 268 g/mol. The van der Waals surface area contributed by atoms with E-state index >= 15 is 0 Å². The maximum absolute atomic E-state index is 5.86. The molecule has 0 N–H and O–H groups in total. The predicted octanol–water partition coefficient (Wildman–Crippen LogP) is 5.40. The highest BCUT2D eigenvalue weighted by molar-refractivity contribution is 5.31. The SMILES string of the molecule is CCC(C)c1ccc(OCc2ccc(C)c(C)c2)cc1. The van der Waals surface area contributed by atoms with E-state index in [0.717, 1.165) is 5.75 Å². The lowest BCUT2D eigenvalue weighted by Gasteiger charge is -2.11. The highest BCUT2D eigenvalue weighted by atomic mass is 16.5. The first-order chi connectivity index (χ1) is 9.60. The molecule has 2 aromatic rings. The Balaban J connectivity index is 1.98. The summed E-state index contributed by atoms with van der Waals surface area (Å²) >= 11 is 0. The molecule has 0 radical (unpaired) electrons. The molecule has 20 heavy (non-hydrogen) atoms. The summed E-state index contributed by atoms with van der Waals surface area (Å²) in [5, 5.41) is 0. The molecule has 0 heterocycles. The van der Waals surface area contributed by atoms with Gasteiger partial charge in [0.1, 0.15) is 12.4 Å². The Kier molecular flexibility index (Phi) is 4.84. The lowest BCUT2D eigenvalue weighted by Crippen LogP contribution is -1.97. The molecule has 0 amide bonds. The zero-order chi connectivity index (χ0) is 14.5. The lowest BCUT2D eigenvalue weighted by molar-refractivity contribution is 0.306. The van der Waals surface area contributed by atoms with Gasteiger partial charge in [-0.2, -0.15) is 0 Å². The number of ether oxygens (including phenoxy) is 1. The summed E-state index contributed by atoms with van der Waals surface area (Å²) in [5.74, 6) is 1.55. The fourth-order valence-corrected chi connectivity index (χ4v) is 2.19. The topological polar surface area (TPSA) is 9.23 Å². The van der Waals surface area contributed by atoms with Crippen molar-refractivity contribution in [3.8, 4) is 5.75 Å². The maximum Gasteiger partial charge on any atom is 0.119 e. The summed E-state index contributed by atoms with van der Waals surface area (Å²) in [6.45, 7) is 9.37. The minimum absolute atomic E-state index is 0.615. The molecule has 0 aliphatic rings. The van der Waals surface area contributed by atoms with Crippen molar-refractivity contribution >= 4 is 0 Å². The van der Waals surface area contributed by atoms with Gasteiger partial charge in [-0.3, -0.25) is 0 Å². The number of benzene rings is 2. The van der Waals surface area contributed by atoms with Crippen LogP contribution in [0.25, 0.3) is 0 Å². The van der Waals surface area contributed by atoms with E-state index in [1.807, 2.05) is 0 Å². The van der Waals surface area contributed by atoms with Crippen LogP contribution in [0, 0.1) is 13.8 Å². The fourth-order valence-electron chi connectivity index (χ4n) is 2.19. The van der Waals surface area contributed by atoms with E-state index in [-0.39, 0.29) is 0 Å². The van der Waals surface area contributed by atoms with E-state index in [0.29, 0.717) is 12.5 Å². The van der Waals surface area contributed by atoms with E-state index in [2.05, 4.69) is 70.2 Å². The minimum atomic E-state index is 0.615. The summed E-state index contributed by atoms with van der Waals surface area (Å²) in [6.07, 6.45) is 1.17. The molecular weight excluding hydrogens is 244 g/mol. The monoisotopic (exact) mass is 268 g/mol. The predicted molar refractivity (Wildman–Crippen MR) is 85.4 cm³/mol. The van der Waals surface area contributed by atoms with E-state index < -0.39 is 0 Å². The molecule has 0 saturated carbocycles. The van der Waals surface area contributed by atoms with Gasteiger partial charge in [-0.1, -0.05) is 44.2 Å². The Bertz CT molecular complexity index is 554. The third kappa shape index (κ3) is 3.63. The average Bonchev–Trinajstić information content (AvgIpc) is 2.48. The van der Waals surface area contributed by atoms with Gasteiger partial charge in [0.25, 0.3) is 0 Å². The van der Waals surface area contributed by atoms with Crippen molar-refractivity contribution in [3.63, 3.8) is 0 Å². The van der Waals surface area contributed by atoms with Crippen molar-refractivity contribution in [1.29, 1.82) is 0 Å². The number of hydrogen-bond donors (Lipinski definition) is 0. The standard InChI is InChI=1S/C19H24O/c1-5-14(2)18-8-10-19(11-9-18)20-13-17-7-6-15(3)16(4)12-17/h6-12,14H,5,13H2,1-4H3. The van der Waals surface area contributed by atoms with Crippen molar-refractivity contribution in [2.45, 2.75) is 46.6 Å². The van der Waals surface area contributed by atoms with Crippen molar-refractivity contribution in [1.82, 2.24) is 0 Å². The molecule has 0 aliphatic heterocycles. The van der Waals surface area contributed by atoms with Gasteiger partial charge in [0.2, 0.25) is 0 Å². The van der Waals surface area contributed by atoms with Crippen LogP contribution in [0.5, 0.6) is 5.75 Å². The van der Waals surface area contributed by atoms with Crippen molar-refractivity contribution in [2.24, 2.45) is 0 Å². The third-order valence-electron chi connectivity index (χ3n) is 4.04. The Labute approximate surface area is 122 Å². The van der Waals surface area contributed by atoms with Crippen LogP contribution < -0.4 is 4.74 Å². The molecule has 0 spiro atoms. The molecule has 0 saturated heterocycles. The summed E-state index contributed by atoms with van der Waals surface area (Å²) in [7, 11) is 0. The van der Waals surface area contributed by atoms with Gasteiger partial charge < -0.3 is 4.74 Å². The first-order valence-electron chi connectivity index (χ1n) is 7.39. The van der Waals surface area contributed by atoms with Crippen LogP contribution >= 0.6 is 0 Å². The highest BCUT2D eigenvalue weighted by Crippen LogP contribution is 2.22. The molecule has 2 aromatic carbocycles. The molecule has 0 bridgehead atoms. The number of rotatable bonds is 5. The molecule has 2 rings (SSSR count). The second kappa shape index (κ2) is 6.60. The van der Waals surface area contributed by atoms with E-state index in [1.54, 1.807) is 0 Å². The van der Waals surface area contributed by atoms with Gasteiger partial charge in [0.05, 0.1) is 0 Å². The van der Waals surface area contributed by atoms with Crippen LogP contribution in [-0.2, 0) is 6.61 Å². The van der Waals surface area contributed by atoms with Gasteiger partial charge in [-0.05, 0) is 60.6 Å². The number of aryl methyl sites for hydroxylation is 2. The molecule has 106 valence electrons. The van der Waals surface area contributed by atoms with Gasteiger partial charge >= 0.3 is 0 Å². The summed E-state index contributed by atoms with van der Waals surface area (Å²) in [4.78, 5) is 0. The molecule has 0 aliphatic carbocycles. The van der Waals surface area contributed by atoms with Crippen LogP contribution in [0.4, 0.5) is 0 Å². The first-order valence-corrected chi connectivity index (χ1v) is 7.39. The van der Waals surface area contributed by atoms with E-state index in [4.69, 9.17) is 4.74 Å².